The molecule has 0 aromatic carbocycles. The minimum absolute atomic E-state index is 0.0730. The van der Waals surface area contributed by atoms with E-state index in [0.29, 0.717) is 12.1 Å². The lowest BCUT2D eigenvalue weighted by molar-refractivity contribution is -0.0541. The van der Waals surface area contributed by atoms with Crippen LogP contribution >= 0.6 is 23.5 Å². The molecule has 36 heavy (non-hydrogen) atoms. The maximum atomic E-state index is 12.4. The number of phosphoric acid groups is 3. The molecule has 1 fully saturated rings. The van der Waals surface area contributed by atoms with Crippen molar-refractivity contribution in [2.24, 2.45) is 0 Å². The van der Waals surface area contributed by atoms with Gasteiger partial charge in [-0.3, -0.25) is 9.09 Å². The quantitative estimate of drug-likeness (QED) is 0.149. The first kappa shape index (κ1) is 28.7. The Bertz CT molecular complexity index is 1310. The van der Waals surface area contributed by atoms with E-state index in [2.05, 4.69) is 28.4 Å². The van der Waals surface area contributed by atoms with E-state index in [4.69, 9.17) is 20.3 Å². The van der Waals surface area contributed by atoms with E-state index in [1.165, 1.54) is 10.9 Å². The highest BCUT2D eigenvalue weighted by atomic mass is 31.3. The van der Waals surface area contributed by atoms with Crippen molar-refractivity contribution in [1.29, 1.82) is 0 Å². The first-order chi connectivity index (χ1) is 16.5. The van der Waals surface area contributed by atoms with E-state index in [1.807, 2.05) is 6.92 Å². The fourth-order valence-corrected chi connectivity index (χ4v) is 6.01. The number of aromatic nitrogens is 5. The molecule has 20 nitrogen and oxygen atoms in total. The molecule has 1 aliphatic heterocycles. The van der Waals surface area contributed by atoms with Crippen LogP contribution in [0.2, 0.25) is 0 Å². The normalized spacial score (nSPS) is 26.0. The topological polar surface area (TPSA) is 301 Å². The van der Waals surface area contributed by atoms with Crippen LogP contribution in [-0.4, -0.2) is 79.3 Å². The van der Waals surface area contributed by atoms with Gasteiger partial charge in [-0.2, -0.15) is 13.6 Å². The number of nitrogens with zero attached hydrogens (tertiary/aromatic N) is 5. The van der Waals surface area contributed by atoms with E-state index >= 15 is 0 Å². The predicted molar refractivity (Wildman–Crippen MR) is 113 cm³/mol. The molecule has 6 atom stereocenters. The van der Waals surface area contributed by atoms with Crippen LogP contribution in [0.25, 0.3) is 5.69 Å². The number of nitrogens with two attached hydrogens (primary N) is 1. The molecular weight excluding hydrogens is 557 g/mol. The van der Waals surface area contributed by atoms with Crippen LogP contribution in [0.1, 0.15) is 18.8 Å². The molecule has 0 bridgehead atoms. The number of hydrogen-bond donors (Lipinski definition) is 7. The zero-order chi connectivity index (χ0) is 27.1. The lowest BCUT2D eigenvalue weighted by atomic mass is 10.1. The molecule has 202 valence electrons. The third-order valence-electron chi connectivity index (χ3n) is 4.54. The largest absolute Gasteiger partial charge is 0.490 e. The summed E-state index contributed by atoms with van der Waals surface area (Å²) in [6.07, 6.45) is -3.69. The molecule has 8 N–H and O–H groups in total. The van der Waals surface area contributed by atoms with E-state index in [0.717, 1.165) is 10.8 Å². The number of aryl methyl sites for hydroxylation is 1. The molecule has 1 saturated heterocycles. The fourth-order valence-electron chi connectivity index (χ4n) is 2.98. The van der Waals surface area contributed by atoms with Crippen LogP contribution in [0.5, 0.6) is 0 Å². The first-order valence-corrected chi connectivity index (χ1v) is 14.1. The van der Waals surface area contributed by atoms with Gasteiger partial charge in [-0.25, -0.2) is 23.2 Å². The average molecular weight is 578 g/mol. The number of hydrogen-bond acceptors (Lipinski definition) is 14. The van der Waals surface area contributed by atoms with Crippen molar-refractivity contribution in [2.45, 2.75) is 37.9 Å². The molecule has 2 aromatic heterocycles. The Kier molecular flexibility index (Phi) is 8.34. The Morgan fingerprint density at radius 1 is 1.08 bits per heavy atom. The molecule has 0 aliphatic carbocycles. The van der Waals surface area contributed by atoms with E-state index in [1.54, 1.807) is 0 Å². The molecule has 0 amide bonds. The number of ether oxygens (including phenoxy) is 1. The summed E-state index contributed by atoms with van der Waals surface area (Å²) in [6.45, 7) is 0.759. The van der Waals surface area contributed by atoms with Gasteiger partial charge >= 0.3 is 29.2 Å². The van der Waals surface area contributed by atoms with Gasteiger partial charge in [0.1, 0.15) is 24.0 Å². The smallest absolute Gasteiger partial charge is 0.387 e. The Morgan fingerprint density at radius 2 is 1.75 bits per heavy atom. The Balaban J connectivity index is 1.76. The maximum Gasteiger partial charge on any atom is 0.490 e. The summed E-state index contributed by atoms with van der Waals surface area (Å²) in [5, 5.41) is 28.4. The molecule has 23 heteroatoms. The molecule has 3 unspecified atom stereocenters. The van der Waals surface area contributed by atoms with Crippen molar-refractivity contribution in [3.63, 3.8) is 0 Å². The van der Waals surface area contributed by atoms with Crippen molar-refractivity contribution in [3.8, 4) is 5.69 Å². The number of nitrogen functional groups attached to an aromatic ring is 1. The van der Waals surface area contributed by atoms with Crippen LogP contribution in [0, 0.1) is 0 Å². The third kappa shape index (κ3) is 6.90. The molecule has 3 heterocycles. The van der Waals surface area contributed by atoms with E-state index in [9.17, 15) is 38.5 Å². The van der Waals surface area contributed by atoms with Gasteiger partial charge in [0.2, 0.25) is 0 Å². The van der Waals surface area contributed by atoms with Crippen LogP contribution in [0.15, 0.2) is 17.2 Å². The van der Waals surface area contributed by atoms with Gasteiger partial charge in [-0.1, -0.05) is 12.1 Å². The average Bonchev–Trinajstić information content (AvgIpc) is 3.30. The predicted octanol–water partition coefficient (Wildman–Crippen LogP) is -2.07. The standard InChI is InChI=1S/C13H21N6O14P3/c1-2-6-3-19(17-16-6)7-4-18(13(22)15-11(7)14)12-10(21)9(20)8(31-12)5-30-35(26,27)33-36(28,29)32-34(23,24)25/h3-4,8-10,12,20-21H,2,5H2,1H3,(H,26,27)(H,28,29)(H2,14,15,22)(H2,23,24,25)/t8-,9?,10+,12-/m1/s1. The molecular formula is C13H21N6O14P3. The van der Waals surface area contributed by atoms with Gasteiger partial charge in [0.25, 0.3) is 0 Å². The van der Waals surface area contributed by atoms with Crippen LogP contribution < -0.4 is 11.4 Å². The zero-order valence-corrected chi connectivity index (χ0v) is 20.7. The van der Waals surface area contributed by atoms with Gasteiger partial charge in [-0.05, 0) is 6.42 Å². The molecule has 0 saturated carbocycles. The van der Waals surface area contributed by atoms with Crippen molar-refractivity contribution in [3.05, 3.63) is 28.6 Å². The highest BCUT2D eigenvalue weighted by Crippen LogP contribution is 2.66. The number of aliphatic hydroxyl groups is 2. The van der Waals surface area contributed by atoms with Crippen molar-refractivity contribution >= 4 is 29.3 Å². The van der Waals surface area contributed by atoms with Gasteiger partial charge in [-0.15, -0.1) is 5.10 Å². The molecule has 1 aliphatic rings. The van der Waals surface area contributed by atoms with Gasteiger partial charge in [0, 0.05) is 6.20 Å². The van der Waals surface area contributed by atoms with Crippen LogP contribution in [0.4, 0.5) is 5.82 Å². The lowest BCUT2D eigenvalue weighted by Crippen LogP contribution is -2.36. The summed E-state index contributed by atoms with van der Waals surface area (Å²) in [6, 6.07) is 0. The Labute approximate surface area is 200 Å². The van der Waals surface area contributed by atoms with Crippen molar-refractivity contribution < 1.29 is 61.4 Å². The summed E-state index contributed by atoms with van der Waals surface area (Å²) >= 11 is 0. The SMILES string of the molecule is CCc1cn(-c2cn([C@@H]3O[C@H](COP(=O)(O)OP(=O)(O)OP(=O)(O)O)C(O)[C@@H]3O)c(=O)nc2N)nn1. The summed E-state index contributed by atoms with van der Waals surface area (Å²) in [5.41, 5.74) is 5.44. The maximum absolute atomic E-state index is 12.4. The minimum atomic E-state index is -5.76. The second-order valence-corrected chi connectivity index (χ2v) is 11.6. The monoisotopic (exact) mass is 578 g/mol. The Hall–Kier alpha value is -1.89. The molecule has 3 rings (SSSR count). The second-order valence-electron chi connectivity index (χ2n) is 7.14. The number of phosphoric ester groups is 1. The van der Waals surface area contributed by atoms with Crippen molar-refractivity contribution in [2.75, 3.05) is 12.3 Å². The van der Waals surface area contributed by atoms with Crippen molar-refractivity contribution in [1.82, 2.24) is 24.5 Å². The summed E-state index contributed by atoms with van der Waals surface area (Å²) < 4.78 is 52.8. The van der Waals surface area contributed by atoms with Crippen LogP contribution in [-0.2, 0) is 38.0 Å². The summed E-state index contributed by atoms with van der Waals surface area (Å²) in [5.74, 6) is -0.235. The number of rotatable bonds is 10. The van der Waals surface area contributed by atoms with Gasteiger partial charge < -0.3 is 40.3 Å². The summed E-state index contributed by atoms with van der Waals surface area (Å²) in [7, 11) is -16.9. The van der Waals surface area contributed by atoms with Crippen LogP contribution in [0.3, 0.4) is 0 Å². The second kappa shape index (κ2) is 10.5. The minimum Gasteiger partial charge on any atom is -0.387 e. The lowest BCUT2D eigenvalue weighted by Gasteiger charge is -2.19. The molecule has 0 spiro atoms. The van der Waals surface area contributed by atoms with E-state index in [-0.39, 0.29) is 11.5 Å². The summed E-state index contributed by atoms with van der Waals surface area (Å²) in [4.78, 5) is 51.8. The zero-order valence-electron chi connectivity index (χ0n) is 18.0. The van der Waals surface area contributed by atoms with Gasteiger partial charge in [0.15, 0.2) is 12.0 Å². The third-order valence-corrected chi connectivity index (χ3v) is 8.34. The molecule has 0 radical (unpaired) electrons. The highest BCUT2D eigenvalue weighted by Gasteiger charge is 2.47. The van der Waals surface area contributed by atoms with Gasteiger partial charge in [0.05, 0.1) is 18.5 Å². The van der Waals surface area contributed by atoms with E-state index < -0.39 is 60.3 Å². The number of aliphatic hydroxyl groups excluding tert-OH is 2. The fraction of sp³-hybridized carbons (Fsp3) is 0.538. The number of anilines is 1. The first-order valence-electron chi connectivity index (χ1n) is 9.62. The highest BCUT2D eigenvalue weighted by molar-refractivity contribution is 7.66. The molecule has 2 aromatic rings. The Morgan fingerprint density at radius 3 is 2.33 bits per heavy atom.